The Morgan fingerprint density at radius 2 is 1.81 bits per heavy atom. The molecule has 0 radical (unpaired) electrons. The summed E-state index contributed by atoms with van der Waals surface area (Å²) in [5, 5.41) is 0. The molecule has 1 heterocycles. The van der Waals surface area contributed by atoms with Gasteiger partial charge in [-0.15, -0.1) is 0 Å². The van der Waals surface area contributed by atoms with Gasteiger partial charge in [0.05, 0.1) is 0 Å². The molecule has 2 rings (SSSR count). The number of piperidine rings is 1. The summed E-state index contributed by atoms with van der Waals surface area (Å²) in [5.41, 5.74) is 1.45. The first-order valence-corrected chi connectivity index (χ1v) is 7.73. The Balaban J connectivity index is 1.77. The van der Waals surface area contributed by atoms with Crippen molar-refractivity contribution in [1.29, 1.82) is 0 Å². The number of benzene rings is 1. The third-order valence-corrected chi connectivity index (χ3v) is 4.10. The molecule has 0 atom stereocenters. The zero-order valence-corrected chi connectivity index (χ0v) is 11.9. The molecule has 88 valence electrons. The maximum atomic E-state index is 2.60. The van der Waals surface area contributed by atoms with Gasteiger partial charge >= 0.3 is 0 Å². The molecule has 2 heteroatoms. The Labute approximate surface area is 112 Å². The van der Waals surface area contributed by atoms with Crippen LogP contribution in [0.5, 0.6) is 0 Å². The van der Waals surface area contributed by atoms with E-state index in [2.05, 4.69) is 57.8 Å². The van der Waals surface area contributed by atoms with Gasteiger partial charge in [-0.3, -0.25) is 4.90 Å². The summed E-state index contributed by atoms with van der Waals surface area (Å²) in [5.74, 6) is 0.990. The molecule has 16 heavy (non-hydrogen) atoms. The molecule has 0 unspecified atom stereocenters. The van der Waals surface area contributed by atoms with E-state index in [-0.39, 0.29) is 0 Å². The first-order chi connectivity index (χ1) is 7.88. The van der Waals surface area contributed by atoms with Gasteiger partial charge in [-0.2, -0.15) is 0 Å². The summed E-state index contributed by atoms with van der Waals surface area (Å²) in [6.07, 6.45) is 4.21. The SMILES string of the molecule is ICCC1CCN(Cc2ccccc2)CC1. The number of likely N-dealkylation sites (tertiary alicyclic amines) is 1. The Morgan fingerprint density at radius 3 is 2.44 bits per heavy atom. The average Bonchev–Trinajstić information content (AvgIpc) is 2.33. The molecule has 1 nitrogen and oxygen atoms in total. The van der Waals surface area contributed by atoms with Gasteiger partial charge in [-0.05, 0) is 48.3 Å². The lowest BCUT2D eigenvalue weighted by molar-refractivity contribution is 0.176. The van der Waals surface area contributed by atoms with Gasteiger partial charge in [-0.1, -0.05) is 52.9 Å². The first kappa shape index (κ1) is 12.4. The van der Waals surface area contributed by atoms with Gasteiger partial charge in [0, 0.05) is 6.54 Å². The average molecular weight is 329 g/mol. The molecule has 0 bridgehead atoms. The van der Waals surface area contributed by atoms with Crippen LogP contribution in [0.4, 0.5) is 0 Å². The van der Waals surface area contributed by atoms with E-state index in [1.807, 2.05) is 0 Å². The summed E-state index contributed by atoms with van der Waals surface area (Å²) in [6, 6.07) is 10.8. The van der Waals surface area contributed by atoms with Crippen molar-refractivity contribution in [3.63, 3.8) is 0 Å². The van der Waals surface area contributed by atoms with Crippen LogP contribution >= 0.6 is 22.6 Å². The van der Waals surface area contributed by atoms with E-state index in [0.717, 1.165) is 12.5 Å². The van der Waals surface area contributed by atoms with Crippen LogP contribution in [0.2, 0.25) is 0 Å². The number of hydrogen-bond acceptors (Lipinski definition) is 1. The van der Waals surface area contributed by atoms with E-state index in [1.165, 1.54) is 42.3 Å². The molecule has 1 aliphatic rings. The highest BCUT2D eigenvalue weighted by Gasteiger charge is 2.18. The van der Waals surface area contributed by atoms with Gasteiger partial charge in [0.25, 0.3) is 0 Å². The molecule has 0 saturated carbocycles. The topological polar surface area (TPSA) is 3.24 Å². The smallest absolute Gasteiger partial charge is 0.0233 e. The third-order valence-electron chi connectivity index (χ3n) is 3.47. The summed E-state index contributed by atoms with van der Waals surface area (Å²) in [7, 11) is 0. The minimum atomic E-state index is 0.990. The molecule has 0 amide bonds. The molecule has 1 saturated heterocycles. The number of nitrogens with zero attached hydrogens (tertiary/aromatic N) is 1. The highest BCUT2D eigenvalue weighted by atomic mass is 127. The molecule has 0 N–H and O–H groups in total. The maximum Gasteiger partial charge on any atom is 0.0233 e. The predicted molar refractivity (Wildman–Crippen MR) is 77.9 cm³/mol. The van der Waals surface area contributed by atoms with Crippen molar-refractivity contribution in [2.45, 2.75) is 25.8 Å². The summed E-state index contributed by atoms with van der Waals surface area (Å²) in [4.78, 5) is 2.60. The molecule has 0 aliphatic carbocycles. The van der Waals surface area contributed by atoms with Crippen LogP contribution in [0.1, 0.15) is 24.8 Å². The van der Waals surface area contributed by atoms with Crippen LogP contribution in [0.15, 0.2) is 30.3 Å². The normalized spacial score (nSPS) is 18.8. The van der Waals surface area contributed by atoms with Crippen LogP contribution in [0.3, 0.4) is 0 Å². The molecule has 1 aliphatic heterocycles. The van der Waals surface area contributed by atoms with E-state index >= 15 is 0 Å². The minimum absolute atomic E-state index is 0.990. The summed E-state index contributed by atoms with van der Waals surface area (Å²) < 4.78 is 1.32. The standard InChI is InChI=1S/C14H20IN/c15-9-6-13-7-10-16(11-8-13)12-14-4-2-1-3-5-14/h1-5,13H,6-12H2. The summed E-state index contributed by atoms with van der Waals surface area (Å²) in [6.45, 7) is 3.71. The van der Waals surface area contributed by atoms with Crippen molar-refractivity contribution in [3.8, 4) is 0 Å². The molecular formula is C14H20IN. The number of hydrogen-bond donors (Lipinski definition) is 0. The predicted octanol–water partition coefficient (Wildman–Crippen LogP) is 3.72. The van der Waals surface area contributed by atoms with E-state index < -0.39 is 0 Å². The van der Waals surface area contributed by atoms with Crippen LogP contribution in [-0.2, 0) is 6.54 Å². The Hall–Kier alpha value is -0.0900. The highest BCUT2D eigenvalue weighted by molar-refractivity contribution is 14.1. The molecule has 1 aromatic rings. The van der Waals surface area contributed by atoms with Crippen molar-refractivity contribution in [3.05, 3.63) is 35.9 Å². The largest absolute Gasteiger partial charge is 0.299 e. The highest BCUT2D eigenvalue weighted by Crippen LogP contribution is 2.22. The number of alkyl halides is 1. The maximum absolute atomic E-state index is 2.60. The van der Waals surface area contributed by atoms with Gasteiger partial charge in [-0.25, -0.2) is 0 Å². The van der Waals surface area contributed by atoms with Crippen molar-refractivity contribution in [2.24, 2.45) is 5.92 Å². The quantitative estimate of drug-likeness (QED) is 0.601. The Bertz CT molecular complexity index is 291. The molecule has 1 aromatic carbocycles. The zero-order chi connectivity index (χ0) is 11.2. The van der Waals surface area contributed by atoms with E-state index in [0.29, 0.717) is 0 Å². The zero-order valence-electron chi connectivity index (χ0n) is 9.74. The van der Waals surface area contributed by atoms with Crippen molar-refractivity contribution >= 4 is 22.6 Å². The van der Waals surface area contributed by atoms with Crippen molar-refractivity contribution in [2.75, 3.05) is 17.5 Å². The van der Waals surface area contributed by atoms with Crippen LogP contribution in [0, 0.1) is 5.92 Å². The molecule has 0 spiro atoms. The van der Waals surface area contributed by atoms with Gasteiger partial charge in [0.2, 0.25) is 0 Å². The second kappa shape index (κ2) is 6.60. The Kier molecular flexibility index (Phi) is 5.10. The molecular weight excluding hydrogens is 309 g/mol. The van der Waals surface area contributed by atoms with Gasteiger partial charge < -0.3 is 0 Å². The van der Waals surface area contributed by atoms with E-state index in [9.17, 15) is 0 Å². The fourth-order valence-electron chi connectivity index (χ4n) is 2.43. The molecule has 1 fully saturated rings. The van der Waals surface area contributed by atoms with Crippen LogP contribution in [-0.4, -0.2) is 22.4 Å². The second-order valence-electron chi connectivity index (χ2n) is 4.68. The fourth-order valence-corrected chi connectivity index (χ4v) is 3.31. The first-order valence-electron chi connectivity index (χ1n) is 6.20. The Morgan fingerprint density at radius 1 is 1.12 bits per heavy atom. The monoisotopic (exact) mass is 329 g/mol. The lowest BCUT2D eigenvalue weighted by Gasteiger charge is -2.31. The van der Waals surface area contributed by atoms with E-state index in [1.54, 1.807) is 0 Å². The molecule has 0 aromatic heterocycles. The lowest BCUT2D eigenvalue weighted by Crippen LogP contribution is -2.33. The van der Waals surface area contributed by atoms with Gasteiger partial charge in [0.1, 0.15) is 0 Å². The van der Waals surface area contributed by atoms with Gasteiger partial charge in [0.15, 0.2) is 0 Å². The second-order valence-corrected chi connectivity index (χ2v) is 5.76. The number of halogens is 1. The van der Waals surface area contributed by atoms with Crippen LogP contribution < -0.4 is 0 Å². The number of rotatable bonds is 4. The third kappa shape index (κ3) is 3.74. The minimum Gasteiger partial charge on any atom is -0.299 e. The lowest BCUT2D eigenvalue weighted by atomic mass is 9.94. The fraction of sp³-hybridized carbons (Fsp3) is 0.571. The van der Waals surface area contributed by atoms with Crippen molar-refractivity contribution < 1.29 is 0 Å². The van der Waals surface area contributed by atoms with Crippen molar-refractivity contribution in [1.82, 2.24) is 4.90 Å². The van der Waals surface area contributed by atoms with E-state index in [4.69, 9.17) is 0 Å². The summed E-state index contributed by atoms with van der Waals surface area (Å²) >= 11 is 2.50. The van der Waals surface area contributed by atoms with Crippen LogP contribution in [0.25, 0.3) is 0 Å².